The maximum Gasteiger partial charge on any atom is 0.308 e. The van der Waals surface area contributed by atoms with Crippen molar-refractivity contribution < 1.29 is 19.1 Å². The summed E-state index contributed by atoms with van der Waals surface area (Å²) >= 11 is 11.8. The summed E-state index contributed by atoms with van der Waals surface area (Å²) in [6, 6.07) is 13.1. The lowest BCUT2D eigenvalue weighted by atomic mass is 10.0. The standard InChI is InChI=1S/C19H18Cl2N2O4/c1-12(24)22-16(13-5-3-2-4-6-13)10-19(26)27-11-18(25)23-17-9-14(20)7-8-15(17)21/h2-9,16H,10-11H2,1H3,(H,22,24)(H,23,25)/t16-/m0/s1. The van der Waals surface area contributed by atoms with Crippen molar-refractivity contribution >= 4 is 46.7 Å². The number of halogens is 2. The van der Waals surface area contributed by atoms with Crippen LogP contribution in [-0.2, 0) is 19.1 Å². The van der Waals surface area contributed by atoms with Gasteiger partial charge in [0.1, 0.15) is 0 Å². The minimum Gasteiger partial charge on any atom is -0.455 e. The number of hydrogen-bond acceptors (Lipinski definition) is 4. The van der Waals surface area contributed by atoms with E-state index in [4.69, 9.17) is 27.9 Å². The van der Waals surface area contributed by atoms with E-state index in [9.17, 15) is 14.4 Å². The average molecular weight is 409 g/mol. The van der Waals surface area contributed by atoms with Crippen molar-refractivity contribution in [3.05, 3.63) is 64.1 Å². The number of rotatable bonds is 7. The van der Waals surface area contributed by atoms with E-state index in [1.165, 1.54) is 13.0 Å². The Labute approximate surface area is 166 Å². The Kier molecular flexibility index (Phi) is 7.64. The second-order valence-electron chi connectivity index (χ2n) is 5.70. The van der Waals surface area contributed by atoms with Gasteiger partial charge >= 0.3 is 5.97 Å². The molecule has 1 atom stereocenters. The number of ether oxygens (including phenoxy) is 1. The number of hydrogen-bond donors (Lipinski definition) is 2. The molecular weight excluding hydrogens is 391 g/mol. The Morgan fingerprint density at radius 1 is 1.07 bits per heavy atom. The van der Waals surface area contributed by atoms with Gasteiger partial charge in [-0.05, 0) is 23.8 Å². The molecule has 0 saturated heterocycles. The van der Waals surface area contributed by atoms with Crippen LogP contribution in [0.25, 0.3) is 0 Å². The zero-order valence-electron chi connectivity index (χ0n) is 14.5. The van der Waals surface area contributed by atoms with Crippen LogP contribution in [0.1, 0.15) is 24.9 Å². The predicted octanol–water partition coefficient (Wildman–Crippen LogP) is 3.74. The molecule has 0 bridgehead atoms. The number of esters is 1. The molecule has 0 spiro atoms. The Balaban J connectivity index is 1.90. The first-order chi connectivity index (χ1) is 12.8. The predicted molar refractivity (Wildman–Crippen MR) is 104 cm³/mol. The minimum atomic E-state index is -0.620. The Bertz CT molecular complexity index is 828. The summed E-state index contributed by atoms with van der Waals surface area (Å²) in [4.78, 5) is 35.4. The molecule has 0 aliphatic heterocycles. The smallest absolute Gasteiger partial charge is 0.308 e. The van der Waals surface area contributed by atoms with Gasteiger partial charge in [-0.25, -0.2) is 0 Å². The van der Waals surface area contributed by atoms with Gasteiger partial charge in [-0.3, -0.25) is 14.4 Å². The number of anilines is 1. The van der Waals surface area contributed by atoms with Crippen molar-refractivity contribution in [3.63, 3.8) is 0 Å². The molecule has 8 heteroatoms. The fraction of sp³-hybridized carbons (Fsp3) is 0.211. The van der Waals surface area contributed by atoms with E-state index in [0.717, 1.165) is 5.56 Å². The van der Waals surface area contributed by atoms with E-state index in [1.54, 1.807) is 36.4 Å². The van der Waals surface area contributed by atoms with E-state index in [2.05, 4.69) is 10.6 Å². The van der Waals surface area contributed by atoms with E-state index in [1.807, 2.05) is 6.07 Å². The molecule has 0 heterocycles. The fourth-order valence-corrected chi connectivity index (χ4v) is 2.67. The molecule has 2 aromatic carbocycles. The molecule has 0 aromatic heterocycles. The van der Waals surface area contributed by atoms with Crippen molar-refractivity contribution in [2.75, 3.05) is 11.9 Å². The molecule has 2 amide bonds. The summed E-state index contributed by atoms with van der Waals surface area (Å²) in [5.41, 5.74) is 1.09. The molecule has 0 radical (unpaired) electrons. The summed E-state index contributed by atoms with van der Waals surface area (Å²) in [5.74, 6) is -1.45. The first-order valence-electron chi connectivity index (χ1n) is 8.07. The van der Waals surface area contributed by atoms with Crippen LogP contribution in [0.3, 0.4) is 0 Å². The average Bonchev–Trinajstić information content (AvgIpc) is 2.63. The lowest BCUT2D eigenvalue weighted by Gasteiger charge is -2.17. The molecule has 0 aliphatic rings. The van der Waals surface area contributed by atoms with Gasteiger partial charge in [0.05, 0.1) is 23.2 Å². The lowest BCUT2D eigenvalue weighted by molar-refractivity contribution is -0.148. The number of nitrogens with one attached hydrogen (secondary N) is 2. The first-order valence-corrected chi connectivity index (χ1v) is 8.83. The molecule has 0 fully saturated rings. The number of benzene rings is 2. The summed E-state index contributed by atoms with van der Waals surface area (Å²) in [6.45, 7) is 0.882. The maximum atomic E-state index is 12.1. The van der Waals surface area contributed by atoms with Gasteiger partial charge in [-0.15, -0.1) is 0 Å². The zero-order chi connectivity index (χ0) is 19.8. The highest BCUT2D eigenvalue weighted by atomic mass is 35.5. The lowest BCUT2D eigenvalue weighted by Crippen LogP contribution is -2.29. The molecule has 0 aliphatic carbocycles. The third-order valence-electron chi connectivity index (χ3n) is 3.52. The monoisotopic (exact) mass is 408 g/mol. The normalized spacial score (nSPS) is 11.4. The third-order valence-corrected chi connectivity index (χ3v) is 4.08. The third kappa shape index (κ3) is 6.92. The SMILES string of the molecule is CC(=O)N[C@@H](CC(=O)OCC(=O)Nc1cc(Cl)ccc1Cl)c1ccccc1. The van der Waals surface area contributed by atoms with Crippen molar-refractivity contribution in [1.29, 1.82) is 0 Å². The van der Waals surface area contributed by atoms with Crippen LogP contribution >= 0.6 is 23.2 Å². The van der Waals surface area contributed by atoms with Crippen LogP contribution in [0, 0.1) is 0 Å². The summed E-state index contributed by atoms with van der Waals surface area (Å²) in [6.07, 6.45) is -0.102. The Morgan fingerprint density at radius 2 is 1.78 bits per heavy atom. The Hall–Kier alpha value is -2.57. The fourth-order valence-electron chi connectivity index (χ4n) is 2.33. The van der Waals surface area contributed by atoms with Crippen molar-refractivity contribution in [3.8, 4) is 0 Å². The van der Waals surface area contributed by atoms with E-state index in [-0.39, 0.29) is 12.3 Å². The molecule has 142 valence electrons. The highest BCUT2D eigenvalue weighted by Crippen LogP contribution is 2.25. The Morgan fingerprint density at radius 3 is 2.44 bits per heavy atom. The summed E-state index contributed by atoms with van der Waals surface area (Å²) in [5, 5.41) is 5.94. The van der Waals surface area contributed by atoms with Crippen LogP contribution in [0.15, 0.2) is 48.5 Å². The highest BCUT2D eigenvalue weighted by molar-refractivity contribution is 6.35. The van der Waals surface area contributed by atoms with Crippen LogP contribution < -0.4 is 10.6 Å². The minimum absolute atomic E-state index is 0.102. The van der Waals surface area contributed by atoms with Crippen LogP contribution in [-0.4, -0.2) is 24.4 Å². The summed E-state index contributed by atoms with van der Waals surface area (Å²) in [7, 11) is 0. The van der Waals surface area contributed by atoms with Crippen LogP contribution in [0.2, 0.25) is 10.0 Å². The van der Waals surface area contributed by atoms with Gasteiger partial charge in [0, 0.05) is 11.9 Å². The van der Waals surface area contributed by atoms with Crippen LogP contribution in [0.4, 0.5) is 5.69 Å². The van der Waals surface area contributed by atoms with Crippen molar-refractivity contribution in [2.45, 2.75) is 19.4 Å². The van der Waals surface area contributed by atoms with E-state index >= 15 is 0 Å². The van der Waals surface area contributed by atoms with Gasteiger partial charge in [0.15, 0.2) is 6.61 Å². The van der Waals surface area contributed by atoms with Gasteiger partial charge in [-0.2, -0.15) is 0 Å². The molecule has 27 heavy (non-hydrogen) atoms. The van der Waals surface area contributed by atoms with Crippen molar-refractivity contribution in [1.82, 2.24) is 5.32 Å². The molecule has 6 nitrogen and oxygen atoms in total. The molecule has 0 saturated carbocycles. The zero-order valence-corrected chi connectivity index (χ0v) is 16.0. The maximum absolute atomic E-state index is 12.1. The topological polar surface area (TPSA) is 84.5 Å². The van der Waals surface area contributed by atoms with Crippen LogP contribution in [0.5, 0.6) is 0 Å². The number of amides is 2. The second kappa shape index (κ2) is 9.94. The number of carbonyl (C=O) groups excluding carboxylic acids is 3. The molecular formula is C19H18Cl2N2O4. The van der Waals surface area contributed by atoms with Gasteiger partial charge in [-0.1, -0.05) is 53.5 Å². The largest absolute Gasteiger partial charge is 0.455 e. The number of carbonyl (C=O) groups is 3. The van der Waals surface area contributed by atoms with E-state index < -0.39 is 24.5 Å². The molecule has 2 aromatic rings. The van der Waals surface area contributed by atoms with E-state index in [0.29, 0.717) is 15.7 Å². The molecule has 2 rings (SSSR count). The van der Waals surface area contributed by atoms with Gasteiger partial charge < -0.3 is 15.4 Å². The molecule has 0 unspecified atom stereocenters. The van der Waals surface area contributed by atoms with Crippen molar-refractivity contribution in [2.24, 2.45) is 0 Å². The van der Waals surface area contributed by atoms with Gasteiger partial charge in [0.2, 0.25) is 5.91 Å². The second-order valence-corrected chi connectivity index (χ2v) is 6.54. The molecule has 2 N–H and O–H groups in total. The highest BCUT2D eigenvalue weighted by Gasteiger charge is 2.19. The van der Waals surface area contributed by atoms with Gasteiger partial charge in [0.25, 0.3) is 5.91 Å². The summed E-state index contributed by atoms with van der Waals surface area (Å²) < 4.78 is 5.00. The first kappa shape index (κ1) is 20.7. The quantitative estimate of drug-likeness (QED) is 0.683.